The van der Waals surface area contributed by atoms with E-state index in [9.17, 15) is 39.3 Å². The lowest BCUT2D eigenvalue weighted by Crippen LogP contribution is -2.81. The van der Waals surface area contributed by atoms with E-state index in [4.69, 9.17) is 33.2 Å². The SMILES string of the molecule is CC(=O)O[C@@]12CO[C@@H]1C[C@H](O)[C@@]1(C)C(=O)[C@H](O)C3=C(C)[C@@H](OC(=O)[C@H](OC(=O)CNC(=O)OCC4c5ccccc5-c5ccccc54)[C@@H](NC(=O)OC(C)(C)C)c4ccccc4)C[C@@](O)(C(OC(=O)c4ccccc4)C12)C3(C)C. The van der Waals surface area contributed by atoms with Gasteiger partial charge < -0.3 is 59.1 Å². The summed E-state index contributed by atoms with van der Waals surface area (Å²) in [5.74, 6) is -7.16. The van der Waals surface area contributed by atoms with E-state index in [2.05, 4.69) is 10.6 Å². The summed E-state index contributed by atoms with van der Waals surface area (Å²) < 4.78 is 41.9. The Kier molecular flexibility index (Phi) is 15.2. The van der Waals surface area contributed by atoms with Gasteiger partial charge in [0.25, 0.3) is 0 Å². The van der Waals surface area contributed by atoms with Crippen LogP contribution in [0.25, 0.3) is 11.1 Å². The molecular formula is C60H66N2O17. The van der Waals surface area contributed by atoms with Gasteiger partial charge in [0.15, 0.2) is 11.4 Å². The molecule has 3 fully saturated rings. The molecule has 0 aromatic heterocycles. The number of benzene rings is 4. The molecule has 418 valence electrons. The van der Waals surface area contributed by atoms with Crippen LogP contribution in [-0.2, 0) is 52.3 Å². The van der Waals surface area contributed by atoms with Gasteiger partial charge in [-0.15, -0.1) is 0 Å². The van der Waals surface area contributed by atoms with Crippen LogP contribution in [0, 0.1) is 16.7 Å². The van der Waals surface area contributed by atoms with E-state index in [-0.39, 0.29) is 47.8 Å². The van der Waals surface area contributed by atoms with E-state index >= 15 is 9.59 Å². The largest absolute Gasteiger partial charge is 0.455 e. The Morgan fingerprint density at radius 3 is 1.99 bits per heavy atom. The Balaban J connectivity index is 1.07. The molecule has 79 heavy (non-hydrogen) atoms. The molecule has 0 radical (unpaired) electrons. The fraction of sp³-hybridized carbons (Fsp3) is 0.450. The molecule has 4 aliphatic carbocycles. The van der Waals surface area contributed by atoms with Crippen molar-refractivity contribution in [2.45, 2.75) is 134 Å². The zero-order valence-corrected chi connectivity index (χ0v) is 45.2. The Hall–Kier alpha value is -7.45. The monoisotopic (exact) mass is 1090 g/mol. The first-order valence-electron chi connectivity index (χ1n) is 26.3. The van der Waals surface area contributed by atoms with Crippen molar-refractivity contribution in [3.8, 4) is 11.1 Å². The summed E-state index contributed by atoms with van der Waals surface area (Å²) in [6.07, 6.45) is -13.3. The third-order valence-electron chi connectivity index (χ3n) is 16.5. The number of aliphatic hydroxyl groups excluding tert-OH is 2. The van der Waals surface area contributed by atoms with Gasteiger partial charge in [0.1, 0.15) is 54.8 Å². The van der Waals surface area contributed by atoms with Crippen LogP contribution in [0.1, 0.15) is 107 Å². The third kappa shape index (κ3) is 10.2. The highest BCUT2D eigenvalue weighted by atomic mass is 16.6. The number of esters is 4. The van der Waals surface area contributed by atoms with Crippen molar-refractivity contribution in [3.05, 3.63) is 143 Å². The Labute approximate surface area is 456 Å². The molecule has 4 aromatic rings. The summed E-state index contributed by atoms with van der Waals surface area (Å²) in [4.78, 5) is 99.2. The highest BCUT2D eigenvalue weighted by molar-refractivity contribution is 5.94. The molecule has 2 bridgehead atoms. The van der Waals surface area contributed by atoms with Crippen LogP contribution in [0.4, 0.5) is 9.59 Å². The van der Waals surface area contributed by atoms with Gasteiger partial charge in [-0.05, 0) is 85.7 Å². The second-order valence-electron chi connectivity index (χ2n) is 22.7. The van der Waals surface area contributed by atoms with E-state index in [1.807, 2.05) is 48.5 Å². The van der Waals surface area contributed by atoms with Crippen molar-refractivity contribution >= 4 is 41.8 Å². The minimum atomic E-state index is -2.48. The number of Topliss-reactive ketones (excluding diaryl/α,β-unsaturated/α-hetero) is 1. The minimum absolute atomic E-state index is 0.0336. The molecule has 19 heteroatoms. The standard InChI is InChI=1S/C60H66N2O17/c1-32-41(28-60(72)51(77-52(68)35-21-13-10-14-22-35)49-58(8,50(67)47(66)45(32)57(60,6)7)42(64)27-43-59(49,31-74-43)78-33(2)63)75-53(69)48(46(34-19-11-9-12-20-34)62-55(71)79-56(3,4)5)76-44(65)29-61-54(70)73-30-40-38-25-17-15-23-36(38)37-24-16-18-26-39(37)40/h9-26,40-43,46-49,51,64,66,72H,27-31H2,1-8H3,(H,61,70)(H,62,71)/t41-,42-,43+,46-,47+,48+,49?,51?,58+,59-,60+/m0/s1. The first-order valence-corrected chi connectivity index (χ1v) is 26.3. The first kappa shape index (κ1) is 56.3. The fourth-order valence-electron chi connectivity index (χ4n) is 12.6. The van der Waals surface area contributed by atoms with Crippen molar-refractivity contribution in [1.82, 2.24) is 10.6 Å². The molecule has 2 amide bonds. The first-order chi connectivity index (χ1) is 37.3. The predicted octanol–water partition coefficient (Wildman–Crippen LogP) is 6.35. The quantitative estimate of drug-likeness (QED) is 0.0555. The zero-order valence-electron chi connectivity index (χ0n) is 45.2. The zero-order chi connectivity index (χ0) is 57.0. The molecule has 2 unspecified atom stereocenters. The molecule has 1 saturated heterocycles. The maximum atomic E-state index is 15.3. The number of nitrogens with one attached hydrogen (secondary N) is 2. The summed E-state index contributed by atoms with van der Waals surface area (Å²) in [6, 6.07) is 29.7. The van der Waals surface area contributed by atoms with E-state index in [1.54, 1.807) is 69.3 Å². The van der Waals surface area contributed by atoms with E-state index in [0.717, 1.165) is 29.2 Å². The maximum absolute atomic E-state index is 15.3. The second kappa shape index (κ2) is 21.3. The van der Waals surface area contributed by atoms with Crippen molar-refractivity contribution in [3.63, 3.8) is 0 Å². The van der Waals surface area contributed by atoms with Crippen LogP contribution in [0.15, 0.2) is 120 Å². The molecule has 11 atom stereocenters. The average Bonchev–Trinajstić information content (AvgIpc) is 2.06. The summed E-state index contributed by atoms with van der Waals surface area (Å²) >= 11 is 0. The molecule has 9 rings (SSSR count). The van der Waals surface area contributed by atoms with Crippen LogP contribution >= 0.6 is 0 Å². The lowest BCUT2D eigenvalue weighted by atomic mass is 9.44. The van der Waals surface area contributed by atoms with Crippen LogP contribution in [-0.4, -0.2) is 130 Å². The van der Waals surface area contributed by atoms with Crippen LogP contribution in [0.3, 0.4) is 0 Å². The molecule has 5 N–H and O–H groups in total. The van der Waals surface area contributed by atoms with Gasteiger partial charge in [-0.25, -0.2) is 19.2 Å². The molecule has 4 aromatic carbocycles. The number of aliphatic hydroxyl groups is 3. The Bertz CT molecular complexity index is 3040. The minimum Gasteiger partial charge on any atom is -0.455 e. The molecule has 1 aliphatic heterocycles. The molecular weight excluding hydrogens is 1020 g/mol. The summed E-state index contributed by atoms with van der Waals surface area (Å²) in [7, 11) is 0. The molecule has 5 aliphatic rings. The summed E-state index contributed by atoms with van der Waals surface area (Å²) in [5, 5.41) is 43.5. The van der Waals surface area contributed by atoms with E-state index in [0.29, 0.717) is 0 Å². The number of hydrogen-bond acceptors (Lipinski definition) is 17. The third-order valence-corrected chi connectivity index (χ3v) is 16.5. The number of rotatable bonds is 13. The normalized spacial score (nSPS) is 28.2. The van der Waals surface area contributed by atoms with Crippen molar-refractivity contribution in [1.29, 1.82) is 0 Å². The maximum Gasteiger partial charge on any atom is 0.408 e. The van der Waals surface area contributed by atoms with Crippen LogP contribution < -0.4 is 10.6 Å². The van der Waals surface area contributed by atoms with Crippen LogP contribution in [0.5, 0.6) is 0 Å². The van der Waals surface area contributed by atoms with Gasteiger partial charge in [-0.2, -0.15) is 0 Å². The van der Waals surface area contributed by atoms with Crippen LogP contribution in [0.2, 0.25) is 0 Å². The smallest absolute Gasteiger partial charge is 0.408 e. The van der Waals surface area contributed by atoms with Gasteiger partial charge >= 0.3 is 36.1 Å². The van der Waals surface area contributed by atoms with E-state index in [1.165, 1.54) is 39.8 Å². The number of ketones is 1. The summed E-state index contributed by atoms with van der Waals surface area (Å²) in [5.41, 5.74) is -5.07. The molecule has 19 nitrogen and oxygen atoms in total. The lowest BCUT2D eigenvalue weighted by Gasteiger charge is -2.67. The Morgan fingerprint density at radius 2 is 1.41 bits per heavy atom. The second-order valence-corrected chi connectivity index (χ2v) is 22.7. The number of fused-ring (bicyclic) bond motifs is 8. The fourth-order valence-corrected chi connectivity index (χ4v) is 12.6. The summed E-state index contributed by atoms with van der Waals surface area (Å²) in [6.45, 7) is 10.6. The van der Waals surface area contributed by atoms with Crippen molar-refractivity contribution in [2.24, 2.45) is 16.7 Å². The molecule has 2 saturated carbocycles. The van der Waals surface area contributed by atoms with Gasteiger partial charge in [0.2, 0.25) is 6.10 Å². The topological polar surface area (TPSA) is 269 Å². The molecule has 1 heterocycles. The number of amides is 2. The number of hydrogen-bond donors (Lipinski definition) is 5. The lowest BCUT2D eigenvalue weighted by molar-refractivity contribution is -0.346. The number of ether oxygens (including phenoxy) is 7. The number of alkyl carbamates (subject to hydrolysis) is 2. The molecule has 0 spiro atoms. The number of carbonyl (C=O) groups excluding carboxylic acids is 7. The highest BCUT2D eigenvalue weighted by Gasteiger charge is 2.78. The van der Waals surface area contributed by atoms with Crippen molar-refractivity contribution < 1.29 is 82.0 Å². The number of carbonyl (C=O) groups is 7. The van der Waals surface area contributed by atoms with Gasteiger partial charge in [0, 0.05) is 31.1 Å². The van der Waals surface area contributed by atoms with E-state index < -0.39 is 131 Å². The average molecular weight is 1090 g/mol. The van der Waals surface area contributed by atoms with Gasteiger partial charge in [0.05, 0.1) is 29.6 Å². The predicted molar refractivity (Wildman–Crippen MR) is 281 cm³/mol. The highest BCUT2D eigenvalue weighted by Crippen LogP contribution is 2.64. The van der Waals surface area contributed by atoms with Crippen molar-refractivity contribution in [2.75, 3.05) is 19.8 Å². The Morgan fingerprint density at radius 1 is 0.810 bits per heavy atom. The van der Waals surface area contributed by atoms with Gasteiger partial charge in [-0.1, -0.05) is 111 Å². The van der Waals surface area contributed by atoms with Gasteiger partial charge in [-0.3, -0.25) is 14.4 Å².